The summed E-state index contributed by atoms with van der Waals surface area (Å²) in [7, 11) is 1.61. The molecule has 146 valence electrons. The molecule has 3 atom stereocenters. The summed E-state index contributed by atoms with van der Waals surface area (Å²) in [4.78, 5) is 12.5. The number of thiocarbonyl (C=S) groups is 1. The first-order valence-electron chi connectivity index (χ1n) is 9.34. The van der Waals surface area contributed by atoms with Crippen LogP contribution in [0.1, 0.15) is 49.2 Å². The van der Waals surface area contributed by atoms with Gasteiger partial charge in [0.05, 0.1) is 7.11 Å². The lowest BCUT2D eigenvalue weighted by Crippen LogP contribution is -2.52. The van der Waals surface area contributed by atoms with Crippen LogP contribution in [0.25, 0.3) is 11.0 Å². The largest absolute Gasteiger partial charge is 0.497 e. The van der Waals surface area contributed by atoms with Crippen LogP contribution in [-0.2, 0) is 0 Å². The Balaban J connectivity index is 1.61. The molecule has 1 aliphatic rings. The zero-order valence-corrected chi connectivity index (χ0v) is 17.0. The Kier molecular flexibility index (Phi) is 5.89. The Labute approximate surface area is 165 Å². The maximum absolute atomic E-state index is 12.5. The van der Waals surface area contributed by atoms with Gasteiger partial charge in [0, 0.05) is 17.0 Å². The van der Waals surface area contributed by atoms with Crippen molar-refractivity contribution in [2.45, 2.75) is 46.1 Å². The Hall–Kier alpha value is -2.28. The second kappa shape index (κ2) is 8.17. The first kappa shape index (κ1) is 19.5. The Morgan fingerprint density at radius 1 is 1.26 bits per heavy atom. The predicted octanol–water partition coefficient (Wildman–Crippen LogP) is 3.68. The van der Waals surface area contributed by atoms with E-state index < -0.39 is 0 Å². The molecule has 0 unspecified atom stereocenters. The zero-order chi connectivity index (χ0) is 19.6. The predicted molar refractivity (Wildman–Crippen MR) is 110 cm³/mol. The Morgan fingerprint density at radius 3 is 2.78 bits per heavy atom. The molecule has 1 heterocycles. The SMILES string of the molecule is COc1ccc2oc(C(=O)NNC(=S)N[C@H]3CCC[C@@H](C)[C@@H]3C)c(C)c2c1. The number of hydrogen-bond acceptors (Lipinski definition) is 4. The highest BCUT2D eigenvalue weighted by Crippen LogP contribution is 2.30. The van der Waals surface area contributed by atoms with Crippen molar-refractivity contribution in [3.05, 3.63) is 29.5 Å². The van der Waals surface area contributed by atoms with Gasteiger partial charge in [0.1, 0.15) is 11.3 Å². The molecule has 7 heteroatoms. The number of rotatable bonds is 3. The van der Waals surface area contributed by atoms with Gasteiger partial charge in [0.25, 0.3) is 0 Å². The quantitative estimate of drug-likeness (QED) is 0.549. The first-order valence-corrected chi connectivity index (χ1v) is 9.75. The van der Waals surface area contributed by atoms with E-state index in [1.54, 1.807) is 19.2 Å². The van der Waals surface area contributed by atoms with Crippen LogP contribution in [0.2, 0.25) is 0 Å². The number of hydrazine groups is 1. The standard InChI is InChI=1S/C20H27N3O3S/c1-11-6-5-7-16(12(11)2)21-20(27)23-22-19(24)18-13(3)15-10-14(25-4)8-9-17(15)26-18/h8-12,16H,5-7H2,1-4H3,(H,22,24)(H2,21,23,27)/t11-,12+,16+/m1/s1. The van der Waals surface area contributed by atoms with Gasteiger partial charge in [-0.3, -0.25) is 15.6 Å². The topological polar surface area (TPSA) is 75.5 Å². The molecule has 2 aromatic rings. The molecule has 0 bridgehead atoms. The summed E-state index contributed by atoms with van der Waals surface area (Å²) in [6, 6.07) is 5.78. The van der Waals surface area contributed by atoms with Gasteiger partial charge in [-0.1, -0.05) is 26.7 Å². The zero-order valence-electron chi connectivity index (χ0n) is 16.2. The summed E-state index contributed by atoms with van der Waals surface area (Å²) in [5.74, 6) is 1.83. The molecule has 3 N–H and O–H groups in total. The van der Waals surface area contributed by atoms with Gasteiger partial charge in [-0.05, 0) is 55.6 Å². The molecule has 6 nitrogen and oxygen atoms in total. The van der Waals surface area contributed by atoms with Crippen molar-refractivity contribution in [2.75, 3.05) is 7.11 Å². The number of carbonyl (C=O) groups is 1. The summed E-state index contributed by atoms with van der Waals surface area (Å²) in [5.41, 5.74) is 6.82. The van der Waals surface area contributed by atoms with E-state index in [1.807, 2.05) is 13.0 Å². The van der Waals surface area contributed by atoms with Crippen molar-refractivity contribution >= 4 is 34.2 Å². The van der Waals surface area contributed by atoms with Crippen molar-refractivity contribution in [1.82, 2.24) is 16.2 Å². The molecule has 1 aliphatic carbocycles. The van der Waals surface area contributed by atoms with E-state index in [0.717, 1.165) is 23.1 Å². The van der Waals surface area contributed by atoms with Crippen LogP contribution in [0, 0.1) is 18.8 Å². The average molecular weight is 390 g/mol. The number of nitrogens with one attached hydrogen (secondary N) is 3. The molecule has 1 fully saturated rings. The molecule has 3 rings (SSSR count). The molecular formula is C20H27N3O3S. The van der Waals surface area contributed by atoms with Crippen molar-refractivity contribution in [3.63, 3.8) is 0 Å². The molecule has 0 saturated heterocycles. The number of carbonyl (C=O) groups excluding carboxylic acids is 1. The molecule has 0 spiro atoms. The molecule has 1 amide bonds. The van der Waals surface area contributed by atoms with E-state index in [4.69, 9.17) is 21.4 Å². The van der Waals surface area contributed by atoms with Gasteiger partial charge in [-0.25, -0.2) is 0 Å². The number of ether oxygens (including phenoxy) is 1. The average Bonchev–Trinajstić information content (AvgIpc) is 2.99. The summed E-state index contributed by atoms with van der Waals surface area (Å²) in [5, 5.41) is 4.59. The second-order valence-electron chi connectivity index (χ2n) is 7.34. The van der Waals surface area contributed by atoms with E-state index in [1.165, 1.54) is 12.8 Å². The summed E-state index contributed by atoms with van der Waals surface area (Å²) >= 11 is 5.34. The van der Waals surface area contributed by atoms with Gasteiger partial charge < -0.3 is 14.5 Å². The van der Waals surface area contributed by atoms with Crippen LogP contribution >= 0.6 is 12.2 Å². The van der Waals surface area contributed by atoms with Gasteiger partial charge in [0.15, 0.2) is 10.9 Å². The highest BCUT2D eigenvalue weighted by Gasteiger charge is 2.27. The lowest BCUT2D eigenvalue weighted by atomic mass is 9.78. The van der Waals surface area contributed by atoms with E-state index in [0.29, 0.717) is 28.6 Å². The molecular weight excluding hydrogens is 362 g/mol. The fourth-order valence-corrected chi connectivity index (χ4v) is 3.91. The fourth-order valence-electron chi connectivity index (χ4n) is 3.70. The van der Waals surface area contributed by atoms with Crippen LogP contribution in [0.15, 0.2) is 22.6 Å². The first-order chi connectivity index (χ1) is 12.9. The smallest absolute Gasteiger partial charge is 0.305 e. The van der Waals surface area contributed by atoms with Crippen molar-refractivity contribution in [1.29, 1.82) is 0 Å². The van der Waals surface area contributed by atoms with E-state index in [9.17, 15) is 4.79 Å². The van der Waals surface area contributed by atoms with Crippen molar-refractivity contribution in [3.8, 4) is 5.75 Å². The molecule has 0 radical (unpaired) electrons. The van der Waals surface area contributed by atoms with E-state index in [-0.39, 0.29) is 11.7 Å². The van der Waals surface area contributed by atoms with Crippen LogP contribution in [0.5, 0.6) is 5.75 Å². The van der Waals surface area contributed by atoms with Gasteiger partial charge in [0.2, 0.25) is 0 Å². The third-order valence-corrected chi connectivity index (χ3v) is 5.88. The fraction of sp³-hybridized carbons (Fsp3) is 0.500. The van der Waals surface area contributed by atoms with Crippen LogP contribution < -0.4 is 20.9 Å². The summed E-state index contributed by atoms with van der Waals surface area (Å²) < 4.78 is 10.9. The number of benzene rings is 1. The number of hydrogen-bond donors (Lipinski definition) is 3. The van der Waals surface area contributed by atoms with E-state index in [2.05, 4.69) is 30.0 Å². The highest BCUT2D eigenvalue weighted by molar-refractivity contribution is 7.80. The maximum Gasteiger partial charge on any atom is 0.305 e. The normalized spacial score (nSPS) is 22.3. The molecule has 1 aromatic carbocycles. The third kappa shape index (κ3) is 4.18. The van der Waals surface area contributed by atoms with Crippen molar-refractivity contribution < 1.29 is 13.9 Å². The molecule has 1 saturated carbocycles. The minimum absolute atomic E-state index is 0.258. The third-order valence-electron chi connectivity index (χ3n) is 5.66. The number of furan rings is 1. The summed E-state index contributed by atoms with van der Waals surface area (Å²) in [6.45, 7) is 6.37. The van der Waals surface area contributed by atoms with Gasteiger partial charge >= 0.3 is 5.91 Å². The lowest BCUT2D eigenvalue weighted by molar-refractivity contribution is 0.0916. The van der Waals surface area contributed by atoms with Crippen LogP contribution in [0.4, 0.5) is 0 Å². The minimum atomic E-state index is -0.364. The molecule has 27 heavy (non-hydrogen) atoms. The highest BCUT2D eigenvalue weighted by atomic mass is 32.1. The number of methoxy groups -OCH3 is 1. The minimum Gasteiger partial charge on any atom is -0.497 e. The second-order valence-corrected chi connectivity index (χ2v) is 7.75. The monoisotopic (exact) mass is 389 g/mol. The van der Waals surface area contributed by atoms with Gasteiger partial charge in [-0.2, -0.15) is 0 Å². The molecule has 1 aromatic heterocycles. The van der Waals surface area contributed by atoms with Crippen LogP contribution in [0.3, 0.4) is 0 Å². The number of aryl methyl sites for hydroxylation is 1. The summed E-state index contributed by atoms with van der Waals surface area (Å²) in [6.07, 6.45) is 3.54. The van der Waals surface area contributed by atoms with Crippen molar-refractivity contribution in [2.24, 2.45) is 11.8 Å². The van der Waals surface area contributed by atoms with Gasteiger partial charge in [-0.15, -0.1) is 0 Å². The Bertz CT molecular complexity index is 848. The maximum atomic E-state index is 12.5. The number of fused-ring (bicyclic) bond motifs is 1. The lowest BCUT2D eigenvalue weighted by Gasteiger charge is -2.35. The Morgan fingerprint density at radius 2 is 2.04 bits per heavy atom. The number of amides is 1. The van der Waals surface area contributed by atoms with E-state index >= 15 is 0 Å². The van der Waals surface area contributed by atoms with Crippen LogP contribution in [-0.4, -0.2) is 24.2 Å². The molecule has 0 aliphatic heterocycles.